The zero-order chi connectivity index (χ0) is 19.9. The van der Waals surface area contributed by atoms with Gasteiger partial charge in [0.25, 0.3) is 5.91 Å². The van der Waals surface area contributed by atoms with Crippen molar-refractivity contribution in [3.05, 3.63) is 60.2 Å². The van der Waals surface area contributed by atoms with Crippen LogP contribution in [0.2, 0.25) is 0 Å². The number of hydrogen-bond donors (Lipinski definition) is 1. The minimum atomic E-state index is -0.549. The summed E-state index contributed by atoms with van der Waals surface area (Å²) in [7, 11) is 0. The van der Waals surface area contributed by atoms with Crippen molar-refractivity contribution in [3.8, 4) is 5.75 Å². The maximum Gasteiger partial charge on any atom is 0.263 e. The third-order valence-corrected chi connectivity index (χ3v) is 4.77. The van der Waals surface area contributed by atoms with E-state index in [-0.39, 0.29) is 11.8 Å². The Kier molecular flexibility index (Phi) is 6.66. The molecule has 2 aromatic rings. The number of rotatable bonds is 6. The number of carbonyl (C=O) groups is 2. The number of nitrogens with zero attached hydrogens (tertiary/aromatic N) is 2. The number of hydrogen-bond acceptors (Lipinski definition) is 4. The molecular weight excluding hydrogens is 354 g/mol. The first-order chi connectivity index (χ1) is 13.5. The molecule has 0 unspecified atom stereocenters. The van der Waals surface area contributed by atoms with Crippen molar-refractivity contribution in [1.82, 2.24) is 9.80 Å². The highest BCUT2D eigenvalue weighted by Gasteiger charge is 2.26. The Morgan fingerprint density at radius 3 is 2.25 bits per heavy atom. The van der Waals surface area contributed by atoms with Gasteiger partial charge in [-0.15, -0.1) is 0 Å². The third-order valence-electron chi connectivity index (χ3n) is 4.77. The molecule has 1 saturated heterocycles. The molecule has 6 nitrogen and oxygen atoms in total. The number of benzene rings is 2. The normalized spacial score (nSPS) is 15.7. The van der Waals surface area contributed by atoms with Gasteiger partial charge in [-0.25, -0.2) is 0 Å². The monoisotopic (exact) mass is 381 g/mol. The smallest absolute Gasteiger partial charge is 0.263 e. The Morgan fingerprint density at radius 2 is 1.64 bits per heavy atom. The first-order valence-electron chi connectivity index (χ1n) is 9.60. The van der Waals surface area contributed by atoms with Gasteiger partial charge in [0.1, 0.15) is 5.75 Å². The lowest BCUT2D eigenvalue weighted by Crippen LogP contribution is -2.51. The lowest BCUT2D eigenvalue weighted by Gasteiger charge is -2.35. The Balaban J connectivity index is 1.47. The molecule has 148 valence electrons. The van der Waals surface area contributed by atoms with Gasteiger partial charge in [-0.2, -0.15) is 0 Å². The Hall–Kier alpha value is -2.86. The summed E-state index contributed by atoms with van der Waals surface area (Å²) in [5, 5.41) is 2.71. The van der Waals surface area contributed by atoms with E-state index >= 15 is 0 Å². The molecule has 1 aliphatic rings. The van der Waals surface area contributed by atoms with Crippen molar-refractivity contribution in [2.24, 2.45) is 0 Å². The molecule has 2 aromatic carbocycles. The number of anilines is 1. The summed E-state index contributed by atoms with van der Waals surface area (Å²) < 4.78 is 5.79. The fourth-order valence-corrected chi connectivity index (χ4v) is 3.30. The van der Waals surface area contributed by atoms with Crippen LogP contribution in [0.15, 0.2) is 54.6 Å². The molecule has 1 atom stereocenters. The van der Waals surface area contributed by atoms with Crippen LogP contribution in [0.25, 0.3) is 0 Å². The molecule has 1 heterocycles. The second-order valence-corrected chi connectivity index (χ2v) is 7.05. The quantitative estimate of drug-likeness (QED) is 0.836. The molecule has 0 bridgehead atoms. The number of nitrogens with one attached hydrogen (secondary N) is 1. The van der Waals surface area contributed by atoms with Gasteiger partial charge in [0.05, 0.1) is 0 Å². The van der Waals surface area contributed by atoms with Gasteiger partial charge in [-0.05, 0) is 36.8 Å². The van der Waals surface area contributed by atoms with Crippen LogP contribution in [-0.4, -0.2) is 53.9 Å². The molecule has 1 aliphatic heterocycles. The summed E-state index contributed by atoms with van der Waals surface area (Å²) in [5.41, 5.74) is 2.00. The van der Waals surface area contributed by atoms with Crippen LogP contribution in [0.4, 0.5) is 5.69 Å². The zero-order valence-electron chi connectivity index (χ0n) is 16.4. The third kappa shape index (κ3) is 5.57. The van der Waals surface area contributed by atoms with Crippen molar-refractivity contribution in [1.29, 1.82) is 0 Å². The highest BCUT2D eigenvalue weighted by molar-refractivity contribution is 5.88. The molecule has 1 N–H and O–H groups in total. The second-order valence-electron chi connectivity index (χ2n) is 7.05. The highest BCUT2D eigenvalue weighted by Crippen LogP contribution is 2.18. The minimum absolute atomic E-state index is 0.00491. The lowest BCUT2D eigenvalue weighted by molar-refractivity contribution is -0.139. The highest BCUT2D eigenvalue weighted by atomic mass is 16.5. The van der Waals surface area contributed by atoms with E-state index in [0.717, 1.165) is 19.6 Å². The van der Waals surface area contributed by atoms with Crippen LogP contribution in [-0.2, 0) is 16.1 Å². The molecular formula is C22H27N3O3. The summed E-state index contributed by atoms with van der Waals surface area (Å²) >= 11 is 0. The van der Waals surface area contributed by atoms with E-state index in [9.17, 15) is 9.59 Å². The first-order valence-corrected chi connectivity index (χ1v) is 9.60. The lowest BCUT2D eigenvalue weighted by atomic mass is 10.2. The van der Waals surface area contributed by atoms with E-state index in [1.165, 1.54) is 12.5 Å². The average molecular weight is 381 g/mol. The van der Waals surface area contributed by atoms with Gasteiger partial charge in [0.2, 0.25) is 5.91 Å². The van der Waals surface area contributed by atoms with E-state index in [1.54, 1.807) is 31.2 Å². The second kappa shape index (κ2) is 9.37. The summed E-state index contributed by atoms with van der Waals surface area (Å²) in [6.45, 7) is 7.29. The first kappa shape index (κ1) is 19.9. The number of carbonyl (C=O) groups excluding carboxylic acids is 2. The van der Waals surface area contributed by atoms with Crippen molar-refractivity contribution in [2.45, 2.75) is 26.5 Å². The molecule has 0 aromatic heterocycles. The molecule has 0 radical (unpaired) electrons. The molecule has 1 fully saturated rings. The van der Waals surface area contributed by atoms with Crippen molar-refractivity contribution < 1.29 is 14.3 Å². The summed E-state index contributed by atoms with van der Waals surface area (Å²) in [4.78, 5) is 28.0. The Labute approximate surface area is 166 Å². The fraction of sp³-hybridized carbons (Fsp3) is 0.364. The van der Waals surface area contributed by atoms with Gasteiger partial charge in [-0.3, -0.25) is 14.5 Å². The molecule has 3 rings (SSSR count). The van der Waals surface area contributed by atoms with Gasteiger partial charge >= 0.3 is 0 Å². The number of ether oxygens (including phenoxy) is 1. The fourth-order valence-electron chi connectivity index (χ4n) is 3.30. The average Bonchev–Trinajstić information content (AvgIpc) is 2.70. The maximum atomic E-state index is 12.7. The van der Waals surface area contributed by atoms with E-state index in [4.69, 9.17) is 4.74 Å². The standard InChI is InChI=1S/C22H27N3O3/c1-17(28-21-10-8-20(9-11-21)23-18(2)26)22(27)25-14-12-24(13-15-25)16-19-6-4-3-5-7-19/h3-11,17H,12-16H2,1-2H3,(H,23,26)/t17-/m0/s1. The SMILES string of the molecule is CC(=O)Nc1ccc(O[C@@H](C)C(=O)N2CCN(Cc3ccccc3)CC2)cc1. The molecule has 0 spiro atoms. The van der Waals surface area contributed by atoms with Crippen molar-refractivity contribution in [2.75, 3.05) is 31.5 Å². The minimum Gasteiger partial charge on any atom is -0.481 e. The van der Waals surface area contributed by atoms with Crippen molar-refractivity contribution in [3.63, 3.8) is 0 Å². The van der Waals surface area contributed by atoms with Gasteiger partial charge in [0, 0.05) is 45.3 Å². The van der Waals surface area contributed by atoms with Crippen LogP contribution in [0.3, 0.4) is 0 Å². The molecule has 2 amide bonds. The van der Waals surface area contributed by atoms with E-state index in [1.807, 2.05) is 11.0 Å². The van der Waals surface area contributed by atoms with Gasteiger partial charge < -0.3 is 15.0 Å². The molecule has 6 heteroatoms. The summed E-state index contributed by atoms with van der Waals surface area (Å²) in [6, 6.07) is 17.4. The Morgan fingerprint density at radius 1 is 1.00 bits per heavy atom. The number of piperazine rings is 1. The molecule has 0 aliphatic carbocycles. The van der Waals surface area contributed by atoms with E-state index in [2.05, 4.69) is 34.5 Å². The predicted octanol–water partition coefficient (Wildman–Crippen LogP) is 2.76. The largest absolute Gasteiger partial charge is 0.481 e. The zero-order valence-corrected chi connectivity index (χ0v) is 16.4. The van der Waals surface area contributed by atoms with Crippen LogP contribution in [0, 0.1) is 0 Å². The van der Waals surface area contributed by atoms with Gasteiger partial charge in [0.15, 0.2) is 6.10 Å². The maximum absolute atomic E-state index is 12.7. The van der Waals surface area contributed by atoms with Gasteiger partial charge in [-0.1, -0.05) is 30.3 Å². The number of amides is 2. The predicted molar refractivity (Wildman–Crippen MR) is 109 cm³/mol. The van der Waals surface area contributed by atoms with Crippen LogP contribution in [0.1, 0.15) is 19.4 Å². The topological polar surface area (TPSA) is 61.9 Å². The van der Waals surface area contributed by atoms with Crippen molar-refractivity contribution >= 4 is 17.5 Å². The summed E-state index contributed by atoms with van der Waals surface area (Å²) in [6.07, 6.45) is -0.549. The van der Waals surface area contributed by atoms with E-state index in [0.29, 0.717) is 24.5 Å². The summed E-state index contributed by atoms with van der Waals surface area (Å²) in [5.74, 6) is 0.492. The molecule has 28 heavy (non-hydrogen) atoms. The Bertz CT molecular complexity index is 784. The van der Waals surface area contributed by atoms with Crippen LogP contribution in [0.5, 0.6) is 5.75 Å². The van der Waals surface area contributed by atoms with Crippen LogP contribution >= 0.6 is 0 Å². The molecule has 0 saturated carbocycles. The van der Waals surface area contributed by atoms with Crippen LogP contribution < -0.4 is 10.1 Å². The van der Waals surface area contributed by atoms with E-state index < -0.39 is 6.10 Å².